The summed E-state index contributed by atoms with van der Waals surface area (Å²) >= 11 is 0. The highest BCUT2D eigenvalue weighted by atomic mass is 19.1. The molecule has 1 saturated heterocycles. The molecule has 2 aliphatic heterocycles. The van der Waals surface area contributed by atoms with Crippen molar-refractivity contribution in [2.75, 3.05) is 20.0 Å². The zero-order valence-corrected chi connectivity index (χ0v) is 21.2. The van der Waals surface area contributed by atoms with E-state index in [2.05, 4.69) is 4.74 Å². The van der Waals surface area contributed by atoms with Crippen LogP contribution < -0.4 is 10.2 Å². The smallest absolute Gasteiger partial charge is 0.451 e. The van der Waals surface area contributed by atoms with E-state index < -0.39 is 66.1 Å². The lowest BCUT2D eigenvalue weighted by Crippen LogP contribution is -2.57. The lowest BCUT2D eigenvalue weighted by atomic mass is 10.0. The van der Waals surface area contributed by atoms with E-state index in [1.54, 1.807) is 0 Å². The molecule has 3 heterocycles. The van der Waals surface area contributed by atoms with Crippen LogP contribution in [0.5, 0.6) is 5.75 Å². The summed E-state index contributed by atoms with van der Waals surface area (Å²) in [6.45, 7) is 2.18. The Kier molecular flexibility index (Phi) is 8.38. The van der Waals surface area contributed by atoms with Crippen molar-refractivity contribution < 1.29 is 46.9 Å². The minimum Gasteiger partial charge on any atom is -0.451 e. The van der Waals surface area contributed by atoms with Crippen LogP contribution in [0.15, 0.2) is 29.2 Å². The number of nitrogens with zero attached hydrogens (tertiary/aromatic N) is 2. The van der Waals surface area contributed by atoms with E-state index >= 15 is 0 Å². The minimum absolute atomic E-state index is 0.0900. The summed E-state index contributed by atoms with van der Waals surface area (Å²) in [6.07, 6.45) is -0.474. The number of rotatable bonds is 9. The number of Topliss-reactive ketones (excluding diaryl/α,β-unsaturated/α-hetero) is 2. The number of carbonyl (C=O) groups is 4. The van der Waals surface area contributed by atoms with Crippen LogP contribution in [0.4, 0.5) is 13.6 Å². The lowest BCUT2D eigenvalue weighted by Gasteiger charge is -2.44. The van der Waals surface area contributed by atoms with Gasteiger partial charge in [0.15, 0.2) is 30.1 Å². The third-order valence-electron chi connectivity index (χ3n) is 6.37. The Morgan fingerprint density at radius 1 is 1.15 bits per heavy atom. The molecule has 0 saturated carbocycles. The van der Waals surface area contributed by atoms with Crippen molar-refractivity contribution in [2.45, 2.75) is 51.9 Å². The van der Waals surface area contributed by atoms with Gasteiger partial charge in [0.25, 0.3) is 5.91 Å². The highest BCUT2D eigenvalue weighted by Crippen LogP contribution is 2.30. The van der Waals surface area contributed by atoms with Crippen molar-refractivity contribution >= 4 is 23.6 Å². The molecule has 4 rings (SSSR count). The first-order valence-electron chi connectivity index (χ1n) is 12.2. The lowest BCUT2D eigenvalue weighted by molar-refractivity contribution is -0.121. The van der Waals surface area contributed by atoms with Crippen molar-refractivity contribution in [3.63, 3.8) is 0 Å². The molecule has 0 unspecified atom stereocenters. The van der Waals surface area contributed by atoms with Crippen molar-refractivity contribution in [3.05, 3.63) is 63.1 Å². The third kappa shape index (κ3) is 6.14. The van der Waals surface area contributed by atoms with E-state index in [4.69, 9.17) is 14.2 Å². The molecule has 39 heavy (non-hydrogen) atoms. The number of pyridine rings is 1. The van der Waals surface area contributed by atoms with Crippen molar-refractivity contribution in [1.29, 1.82) is 0 Å². The largest absolute Gasteiger partial charge is 0.511 e. The molecule has 11 nitrogen and oxygen atoms in total. The van der Waals surface area contributed by atoms with Crippen molar-refractivity contribution in [1.82, 2.24) is 9.47 Å². The van der Waals surface area contributed by atoms with Crippen LogP contribution >= 0.6 is 0 Å². The first kappa shape index (κ1) is 27.9. The number of carbonyl (C=O) groups excluding carboxylic acids is 4. The van der Waals surface area contributed by atoms with Gasteiger partial charge >= 0.3 is 6.16 Å². The second-order valence-corrected chi connectivity index (χ2v) is 9.18. The van der Waals surface area contributed by atoms with Gasteiger partial charge in [-0.3, -0.25) is 19.2 Å². The van der Waals surface area contributed by atoms with Crippen LogP contribution in [0.1, 0.15) is 53.1 Å². The van der Waals surface area contributed by atoms with E-state index in [0.29, 0.717) is 19.1 Å². The minimum atomic E-state index is -1.24. The quantitative estimate of drug-likeness (QED) is 0.264. The van der Waals surface area contributed by atoms with Gasteiger partial charge in [-0.2, -0.15) is 0 Å². The highest BCUT2D eigenvalue weighted by Gasteiger charge is 2.41. The van der Waals surface area contributed by atoms with Gasteiger partial charge in [0, 0.05) is 24.7 Å². The Morgan fingerprint density at radius 2 is 1.92 bits per heavy atom. The summed E-state index contributed by atoms with van der Waals surface area (Å²) in [4.78, 5) is 64.0. The van der Waals surface area contributed by atoms with Crippen molar-refractivity contribution in [2.24, 2.45) is 0 Å². The fourth-order valence-corrected chi connectivity index (χ4v) is 4.42. The molecule has 2 aliphatic rings. The molecule has 1 fully saturated rings. The molecule has 1 aromatic heterocycles. The van der Waals surface area contributed by atoms with Gasteiger partial charge in [0.05, 0.1) is 18.7 Å². The summed E-state index contributed by atoms with van der Waals surface area (Å²) in [5.41, 5.74) is -1.33. The van der Waals surface area contributed by atoms with Crippen molar-refractivity contribution in [3.8, 4) is 5.75 Å². The van der Waals surface area contributed by atoms with Gasteiger partial charge in [-0.1, -0.05) is 6.07 Å². The molecule has 208 valence electrons. The summed E-state index contributed by atoms with van der Waals surface area (Å²) in [5, 5.41) is 0. The molecular formula is C26H26F2N2O9. The number of ether oxygens (including phenoxy) is 4. The number of hydrogen-bond acceptors (Lipinski definition) is 9. The predicted octanol–water partition coefficient (Wildman–Crippen LogP) is 2.61. The molecule has 2 atom stereocenters. The first-order chi connectivity index (χ1) is 18.6. The number of aryl methyl sites for hydroxylation is 1. The van der Waals surface area contributed by atoms with E-state index in [1.807, 2.05) is 6.92 Å². The van der Waals surface area contributed by atoms with E-state index in [1.165, 1.54) is 28.7 Å². The number of hydrogen-bond donors (Lipinski definition) is 0. The van der Waals surface area contributed by atoms with Gasteiger partial charge in [0.2, 0.25) is 18.0 Å². The fourth-order valence-electron chi connectivity index (χ4n) is 4.42. The number of aromatic nitrogens is 1. The van der Waals surface area contributed by atoms with Crippen LogP contribution in [-0.2, 0) is 32.0 Å². The normalized spacial score (nSPS) is 18.2. The van der Waals surface area contributed by atoms with Gasteiger partial charge < -0.3 is 28.4 Å². The zero-order chi connectivity index (χ0) is 28.3. The van der Waals surface area contributed by atoms with E-state index in [9.17, 15) is 32.8 Å². The second kappa shape index (κ2) is 11.7. The number of fused-ring (bicyclic) bond motifs is 2. The van der Waals surface area contributed by atoms with Crippen LogP contribution in [0.2, 0.25) is 0 Å². The van der Waals surface area contributed by atoms with Crippen LogP contribution in [0, 0.1) is 11.6 Å². The van der Waals surface area contributed by atoms with Crippen LogP contribution in [0.3, 0.4) is 0 Å². The standard InChI is InChI=1S/C26H26F2N2O9/c1-14-7-8-36-21-11-29-10-18(20(32)6-4-16-3-5-17(27)9-19(16)28)23(33)24(22(29)25(34)30(14)21)38-13-39-26(35)37-12-15(2)31/h3,5,9-10,14,21H,4,6-8,11-13H2,1-2H3/t14-,21+/m1/s1. The Morgan fingerprint density at radius 3 is 2.64 bits per heavy atom. The maximum atomic E-state index is 14.0. The molecular weight excluding hydrogens is 522 g/mol. The molecule has 0 spiro atoms. The van der Waals surface area contributed by atoms with Gasteiger partial charge in [0.1, 0.15) is 11.6 Å². The summed E-state index contributed by atoms with van der Waals surface area (Å²) in [6, 6.07) is 2.78. The average molecular weight is 548 g/mol. The Balaban J connectivity index is 1.63. The maximum absolute atomic E-state index is 14.0. The summed E-state index contributed by atoms with van der Waals surface area (Å²) in [5.74, 6) is -3.77. The predicted molar refractivity (Wildman–Crippen MR) is 128 cm³/mol. The molecule has 1 aromatic carbocycles. The highest BCUT2D eigenvalue weighted by molar-refractivity contribution is 6.00. The SMILES string of the molecule is CC(=O)COC(=O)OCOc1c2n(cc(C(=O)CCc3ccc(F)cc3F)c1=O)C[C@@H]1OCC[C@@H](C)N1C2=O. The first-order valence-corrected chi connectivity index (χ1v) is 12.2. The number of ketones is 2. The summed E-state index contributed by atoms with van der Waals surface area (Å²) < 4.78 is 49.1. The molecule has 1 amide bonds. The monoisotopic (exact) mass is 548 g/mol. The average Bonchev–Trinajstić information content (AvgIpc) is 2.88. The Bertz CT molecular complexity index is 1370. The van der Waals surface area contributed by atoms with E-state index in [-0.39, 0.29) is 42.2 Å². The van der Waals surface area contributed by atoms with E-state index in [0.717, 1.165) is 6.07 Å². The second-order valence-electron chi connectivity index (χ2n) is 9.18. The van der Waals surface area contributed by atoms with Crippen LogP contribution in [-0.4, -0.2) is 65.4 Å². The number of amides is 1. The Labute approximate surface area is 221 Å². The topological polar surface area (TPSA) is 130 Å². The summed E-state index contributed by atoms with van der Waals surface area (Å²) in [7, 11) is 0. The zero-order valence-electron chi connectivity index (χ0n) is 21.2. The molecule has 2 aromatic rings. The number of benzene rings is 1. The maximum Gasteiger partial charge on any atom is 0.511 e. The van der Waals surface area contributed by atoms with Gasteiger partial charge in [-0.15, -0.1) is 0 Å². The molecule has 0 N–H and O–H groups in total. The Hall–Kier alpha value is -4.13. The third-order valence-corrected chi connectivity index (χ3v) is 6.37. The van der Waals surface area contributed by atoms with Gasteiger partial charge in [-0.25, -0.2) is 13.6 Å². The van der Waals surface area contributed by atoms with Gasteiger partial charge in [-0.05, 0) is 38.3 Å². The molecule has 0 bridgehead atoms. The fraction of sp³-hybridized carbons (Fsp3) is 0.423. The molecule has 0 aliphatic carbocycles. The molecule has 0 radical (unpaired) electrons. The van der Waals surface area contributed by atoms with Crippen LogP contribution in [0.25, 0.3) is 0 Å². The molecule has 13 heteroatoms. The number of halogens is 2.